The smallest absolute Gasteiger partial charge is 0.330 e. The Morgan fingerprint density at radius 2 is 1.90 bits per heavy atom. The zero-order valence-corrected chi connectivity index (χ0v) is 12.8. The monoisotopic (exact) mass is 348 g/mol. The number of hydrogen-bond acceptors (Lipinski definition) is 2. The van der Waals surface area contributed by atoms with Crippen LogP contribution >= 0.6 is 24.8 Å². The van der Waals surface area contributed by atoms with Crippen LogP contribution in [0.3, 0.4) is 0 Å². The number of alkyl halides is 3. The Morgan fingerprint density at radius 1 is 1.24 bits per heavy atom. The minimum Gasteiger partial charge on any atom is -0.330 e. The van der Waals surface area contributed by atoms with Gasteiger partial charge in [0.2, 0.25) is 0 Å². The van der Waals surface area contributed by atoms with Gasteiger partial charge in [0.05, 0.1) is 5.56 Å². The first-order chi connectivity index (χ1) is 8.91. The topological polar surface area (TPSA) is 29.3 Å². The second kappa shape index (κ2) is 8.17. The van der Waals surface area contributed by atoms with Gasteiger partial charge in [-0.3, -0.25) is 4.90 Å². The summed E-state index contributed by atoms with van der Waals surface area (Å²) in [5.41, 5.74) is 4.39. The maximum Gasteiger partial charge on any atom is 0.419 e. The van der Waals surface area contributed by atoms with Crippen LogP contribution in [0.2, 0.25) is 0 Å². The molecule has 0 bridgehead atoms. The Balaban J connectivity index is 0.00000200. The molecule has 1 fully saturated rings. The van der Waals surface area contributed by atoms with Gasteiger partial charge in [0.1, 0.15) is 5.82 Å². The molecule has 21 heavy (non-hydrogen) atoms. The van der Waals surface area contributed by atoms with Crippen LogP contribution in [0.1, 0.15) is 17.5 Å². The van der Waals surface area contributed by atoms with Gasteiger partial charge in [-0.1, -0.05) is 12.1 Å². The number of benzene rings is 1. The summed E-state index contributed by atoms with van der Waals surface area (Å²) in [4.78, 5) is 1.89. The molecule has 1 aromatic rings. The van der Waals surface area contributed by atoms with Crippen molar-refractivity contribution in [3.8, 4) is 0 Å². The molecular formula is C13H18Cl2F4N2. The Kier molecular flexibility index (Phi) is 7.95. The third-order valence-electron chi connectivity index (χ3n) is 3.48. The molecule has 2 nitrogen and oxygen atoms in total. The zero-order chi connectivity index (χ0) is 14.0. The van der Waals surface area contributed by atoms with Crippen LogP contribution in [0.5, 0.6) is 0 Å². The van der Waals surface area contributed by atoms with Crippen LogP contribution in [0.25, 0.3) is 0 Å². The van der Waals surface area contributed by atoms with E-state index in [4.69, 9.17) is 5.73 Å². The normalized spacial score (nSPS) is 19.0. The standard InChI is InChI=1S/C13H16F4N2.2ClH/c14-11-3-1-2-10(12(11)13(15,16)17)8-19-5-4-9(6-18)7-19;;/h1-3,9H,4-8,18H2;2*1H. The van der Waals surface area contributed by atoms with Crippen LogP contribution in [-0.2, 0) is 12.7 Å². The average Bonchev–Trinajstić information content (AvgIpc) is 2.75. The highest BCUT2D eigenvalue weighted by molar-refractivity contribution is 5.85. The number of nitrogens with two attached hydrogens (primary N) is 1. The lowest BCUT2D eigenvalue weighted by Crippen LogP contribution is -2.24. The molecule has 0 aliphatic carbocycles. The SMILES string of the molecule is Cl.Cl.NCC1CCN(Cc2cccc(F)c2C(F)(F)F)C1. The summed E-state index contributed by atoms with van der Waals surface area (Å²) in [6.45, 7) is 2.02. The Morgan fingerprint density at radius 3 is 2.43 bits per heavy atom. The van der Waals surface area contributed by atoms with Crippen molar-refractivity contribution in [2.24, 2.45) is 11.7 Å². The van der Waals surface area contributed by atoms with Crippen LogP contribution in [0.15, 0.2) is 18.2 Å². The molecule has 2 N–H and O–H groups in total. The Labute approximate surface area is 133 Å². The van der Waals surface area contributed by atoms with E-state index in [2.05, 4.69) is 0 Å². The average molecular weight is 349 g/mol. The van der Waals surface area contributed by atoms with Gasteiger partial charge in [0, 0.05) is 13.1 Å². The van der Waals surface area contributed by atoms with Crippen molar-refractivity contribution in [2.45, 2.75) is 19.1 Å². The van der Waals surface area contributed by atoms with E-state index < -0.39 is 17.6 Å². The van der Waals surface area contributed by atoms with Crippen molar-refractivity contribution < 1.29 is 17.6 Å². The molecule has 1 unspecified atom stereocenters. The molecule has 1 saturated heterocycles. The van der Waals surface area contributed by atoms with Crippen LogP contribution in [0, 0.1) is 11.7 Å². The first kappa shape index (κ1) is 20.4. The molecule has 1 heterocycles. The molecular weight excluding hydrogens is 331 g/mol. The Hall–Kier alpha value is -0.560. The van der Waals surface area contributed by atoms with E-state index in [1.165, 1.54) is 12.1 Å². The lowest BCUT2D eigenvalue weighted by Gasteiger charge is -2.19. The van der Waals surface area contributed by atoms with E-state index >= 15 is 0 Å². The Bertz CT molecular complexity index is 454. The predicted molar refractivity (Wildman–Crippen MR) is 78.3 cm³/mol. The lowest BCUT2D eigenvalue weighted by molar-refractivity contribution is -0.140. The van der Waals surface area contributed by atoms with Crippen molar-refractivity contribution in [3.63, 3.8) is 0 Å². The molecule has 0 amide bonds. The van der Waals surface area contributed by atoms with E-state index in [-0.39, 0.29) is 36.9 Å². The minimum absolute atomic E-state index is 0. The quantitative estimate of drug-likeness (QED) is 0.847. The summed E-state index contributed by atoms with van der Waals surface area (Å²) in [5, 5.41) is 0. The molecule has 1 aromatic carbocycles. The molecule has 2 rings (SSSR count). The van der Waals surface area contributed by atoms with Gasteiger partial charge in [0.25, 0.3) is 0 Å². The van der Waals surface area contributed by atoms with E-state index in [1.807, 2.05) is 4.90 Å². The number of nitrogens with zero attached hydrogens (tertiary/aromatic N) is 1. The first-order valence-corrected chi connectivity index (χ1v) is 6.19. The van der Waals surface area contributed by atoms with Crippen LogP contribution in [-0.4, -0.2) is 24.5 Å². The largest absolute Gasteiger partial charge is 0.419 e. The molecule has 1 aliphatic heterocycles. The number of likely N-dealkylation sites (tertiary alicyclic amines) is 1. The molecule has 0 aromatic heterocycles. The maximum atomic E-state index is 13.4. The molecule has 0 saturated carbocycles. The highest BCUT2D eigenvalue weighted by Crippen LogP contribution is 2.35. The molecule has 0 radical (unpaired) electrons. The highest BCUT2D eigenvalue weighted by atomic mass is 35.5. The summed E-state index contributed by atoms with van der Waals surface area (Å²) in [7, 11) is 0. The van der Waals surface area contributed by atoms with Crippen molar-refractivity contribution in [1.29, 1.82) is 0 Å². The van der Waals surface area contributed by atoms with Crippen molar-refractivity contribution in [2.75, 3.05) is 19.6 Å². The van der Waals surface area contributed by atoms with E-state index in [0.29, 0.717) is 25.6 Å². The second-order valence-corrected chi connectivity index (χ2v) is 4.90. The molecule has 8 heteroatoms. The van der Waals surface area contributed by atoms with E-state index in [0.717, 1.165) is 12.5 Å². The fourth-order valence-corrected chi connectivity index (χ4v) is 2.51. The predicted octanol–water partition coefficient (Wildman–Crippen LogP) is 3.47. The van der Waals surface area contributed by atoms with Crippen molar-refractivity contribution in [1.82, 2.24) is 4.90 Å². The number of hydrogen-bond donors (Lipinski definition) is 1. The van der Waals surface area contributed by atoms with Gasteiger partial charge in [-0.25, -0.2) is 4.39 Å². The van der Waals surface area contributed by atoms with Gasteiger partial charge in [0.15, 0.2) is 0 Å². The molecule has 0 spiro atoms. The van der Waals surface area contributed by atoms with E-state index in [1.54, 1.807) is 0 Å². The second-order valence-electron chi connectivity index (χ2n) is 4.90. The maximum absolute atomic E-state index is 13.4. The summed E-state index contributed by atoms with van der Waals surface area (Å²) in [5.74, 6) is -0.887. The highest BCUT2D eigenvalue weighted by Gasteiger charge is 2.37. The third kappa shape index (κ3) is 4.98. The van der Waals surface area contributed by atoms with Crippen LogP contribution < -0.4 is 5.73 Å². The van der Waals surface area contributed by atoms with Gasteiger partial charge < -0.3 is 5.73 Å². The van der Waals surface area contributed by atoms with Gasteiger partial charge in [-0.2, -0.15) is 13.2 Å². The van der Waals surface area contributed by atoms with Gasteiger partial charge in [-0.05, 0) is 37.1 Å². The molecule has 1 atom stereocenters. The minimum atomic E-state index is -4.66. The molecule has 1 aliphatic rings. The van der Waals surface area contributed by atoms with E-state index in [9.17, 15) is 17.6 Å². The number of halogens is 6. The third-order valence-corrected chi connectivity index (χ3v) is 3.48. The summed E-state index contributed by atoms with van der Waals surface area (Å²) < 4.78 is 51.9. The van der Waals surface area contributed by atoms with Crippen molar-refractivity contribution >= 4 is 24.8 Å². The number of rotatable bonds is 3. The zero-order valence-electron chi connectivity index (χ0n) is 11.2. The molecule has 122 valence electrons. The van der Waals surface area contributed by atoms with Gasteiger partial charge >= 0.3 is 6.18 Å². The van der Waals surface area contributed by atoms with Crippen LogP contribution in [0.4, 0.5) is 17.6 Å². The fraction of sp³-hybridized carbons (Fsp3) is 0.538. The summed E-state index contributed by atoms with van der Waals surface area (Å²) in [6.07, 6.45) is -3.78. The first-order valence-electron chi connectivity index (χ1n) is 6.19. The lowest BCUT2D eigenvalue weighted by atomic mass is 10.1. The fourth-order valence-electron chi connectivity index (χ4n) is 2.51. The summed E-state index contributed by atoms with van der Waals surface area (Å²) in [6, 6.07) is 3.50. The van der Waals surface area contributed by atoms with Gasteiger partial charge in [-0.15, -0.1) is 24.8 Å². The summed E-state index contributed by atoms with van der Waals surface area (Å²) >= 11 is 0. The van der Waals surface area contributed by atoms with Crippen molar-refractivity contribution in [3.05, 3.63) is 35.1 Å².